The van der Waals surface area contributed by atoms with Crippen molar-refractivity contribution in [3.8, 4) is 0 Å². The van der Waals surface area contributed by atoms with Crippen molar-refractivity contribution in [3.05, 3.63) is 77.6 Å². The summed E-state index contributed by atoms with van der Waals surface area (Å²) >= 11 is 0. The van der Waals surface area contributed by atoms with Crippen LogP contribution in [0, 0.1) is 6.92 Å². The fraction of sp³-hybridized carbons (Fsp3) is 0.208. The van der Waals surface area contributed by atoms with Crippen LogP contribution in [-0.2, 0) is 4.79 Å². The highest BCUT2D eigenvalue weighted by Gasteiger charge is 2.20. The molecule has 0 radical (unpaired) electrons. The monoisotopic (exact) mass is 400 g/mol. The molecule has 0 aliphatic rings. The van der Waals surface area contributed by atoms with E-state index in [0.717, 1.165) is 33.1 Å². The minimum absolute atomic E-state index is 0.152. The maximum atomic E-state index is 12.8. The zero-order chi connectivity index (χ0) is 21.3. The lowest BCUT2D eigenvalue weighted by molar-refractivity contribution is -0.123. The van der Waals surface area contributed by atoms with Crippen LogP contribution >= 0.6 is 0 Å². The van der Waals surface area contributed by atoms with E-state index in [2.05, 4.69) is 20.6 Å². The molecule has 0 aliphatic heterocycles. The van der Waals surface area contributed by atoms with Gasteiger partial charge in [-0.05, 0) is 38.5 Å². The van der Waals surface area contributed by atoms with E-state index in [-0.39, 0.29) is 17.9 Å². The van der Waals surface area contributed by atoms with Gasteiger partial charge in [-0.1, -0.05) is 48.5 Å². The molecule has 0 spiro atoms. The minimum Gasteiger partial charge on any atom is -0.353 e. The number of amides is 2. The number of para-hydroxylation sites is 1. The third-order valence-corrected chi connectivity index (χ3v) is 5.31. The first-order valence-electron chi connectivity index (χ1n) is 9.98. The third-order valence-electron chi connectivity index (χ3n) is 5.31. The predicted octanol–water partition coefficient (Wildman–Crippen LogP) is 4.02. The predicted molar refractivity (Wildman–Crippen MR) is 118 cm³/mol. The Bertz CT molecular complexity index is 1230. The molecule has 2 aromatic carbocycles. The van der Waals surface area contributed by atoms with Gasteiger partial charge in [0, 0.05) is 16.3 Å². The first-order valence-corrected chi connectivity index (χ1v) is 9.98. The van der Waals surface area contributed by atoms with E-state index in [1.165, 1.54) is 0 Å². The maximum absolute atomic E-state index is 12.8. The Labute approximate surface area is 174 Å². The third kappa shape index (κ3) is 3.76. The van der Waals surface area contributed by atoms with Crippen molar-refractivity contribution >= 4 is 33.6 Å². The molecule has 2 amide bonds. The van der Waals surface area contributed by atoms with Crippen molar-refractivity contribution in [1.29, 1.82) is 0 Å². The Morgan fingerprint density at radius 3 is 2.40 bits per heavy atom. The molecule has 0 bridgehead atoms. The fourth-order valence-corrected chi connectivity index (χ4v) is 3.62. The number of nitrogens with zero attached hydrogens (tertiary/aromatic N) is 1. The molecule has 3 N–H and O–H groups in total. The zero-order valence-electron chi connectivity index (χ0n) is 17.2. The van der Waals surface area contributed by atoms with Gasteiger partial charge in [-0.15, -0.1) is 0 Å². The molecule has 152 valence electrons. The molecule has 0 unspecified atom stereocenters. The van der Waals surface area contributed by atoms with Crippen LogP contribution in [0.2, 0.25) is 0 Å². The Morgan fingerprint density at radius 2 is 1.63 bits per heavy atom. The van der Waals surface area contributed by atoms with Crippen molar-refractivity contribution in [2.24, 2.45) is 0 Å². The van der Waals surface area contributed by atoms with Crippen LogP contribution in [0.3, 0.4) is 0 Å². The van der Waals surface area contributed by atoms with Crippen molar-refractivity contribution < 1.29 is 9.59 Å². The highest BCUT2D eigenvalue weighted by molar-refractivity contribution is 6.10. The summed E-state index contributed by atoms with van der Waals surface area (Å²) < 4.78 is 0. The Hall–Kier alpha value is -3.67. The molecule has 6 heteroatoms. The van der Waals surface area contributed by atoms with E-state index in [4.69, 9.17) is 0 Å². The molecule has 2 aromatic heterocycles. The van der Waals surface area contributed by atoms with Crippen LogP contribution < -0.4 is 10.6 Å². The molecule has 4 aromatic rings. The number of pyridine rings is 1. The number of aromatic amines is 1. The van der Waals surface area contributed by atoms with Gasteiger partial charge in [0.2, 0.25) is 5.91 Å². The molecular formula is C24H24N4O2. The second-order valence-corrected chi connectivity index (χ2v) is 7.52. The number of fused-ring (bicyclic) bond motifs is 3. The lowest BCUT2D eigenvalue weighted by Crippen LogP contribution is -2.45. The summed E-state index contributed by atoms with van der Waals surface area (Å²) in [7, 11) is 0. The second kappa shape index (κ2) is 7.99. The first-order chi connectivity index (χ1) is 14.4. The number of nitrogens with one attached hydrogen (secondary N) is 3. The second-order valence-electron chi connectivity index (χ2n) is 7.52. The topological polar surface area (TPSA) is 86.9 Å². The number of aryl methyl sites for hydroxylation is 1. The number of benzene rings is 2. The molecule has 4 rings (SSSR count). The number of H-pyrrole nitrogens is 1. The van der Waals surface area contributed by atoms with E-state index in [1.54, 1.807) is 13.0 Å². The van der Waals surface area contributed by atoms with E-state index in [0.29, 0.717) is 5.69 Å². The molecule has 2 atom stereocenters. The van der Waals surface area contributed by atoms with Crippen LogP contribution in [0.4, 0.5) is 0 Å². The molecular weight excluding hydrogens is 376 g/mol. The molecule has 0 aliphatic carbocycles. The average molecular weight is 400 g/mol. The summed E-state index contributed by atoms with van der Waals surface area (Å²) in [6.45, 7) is 5.45. The molecule has 6 nitrogen and oxygen atoms in total. The van der Waals surface area contributed by atoms with E-state index in [1.807, 2.05) is 68.4 Å². The van der Waals surface area contributed by atoms with Gasteiger partial charge in [0.05, 0.1) is 17.3 Å². The molecule has 0 saturated heterocycles. The summed E-state index contributed by atoms with van der Waals surface area (Å²) in [5.41, 5.74) is 3.95. The average Bonchev–Trinajstić information content (AvgIpc) is 3.13. The molecule has 2 heterocycles. The van der Waals surface area contributed by atoms with Crippen LogP contribution in [0.1, 0.15) is 41.6 Å². The highest BCUT2D eigenvalue weighted by Crippen LogP contribution is 2.27. The van der Waals surface area contributed by atoms with Gasteiger partial charge in [0.1, 0.15) is 11.7 Å². The van der Waals surface area contributed by atoms with Gasteiger partial charge in [0.15, 0.2) is 0 Å². The van der Waals surface area contributed by atoms with E-state index >= 15 is 0 Å². The Balaban J connectivity index is 1.51. The van der Waals surface area contributed by atoms with Crippen LogP contribution in [-0.4, -0.2) is 27.8 Å². The summed E-state index contributed by atoms with van der Waals surface area (Å²) in [6, 6.07) is 18.6. The van der Waals surface area contributed by atoms with E-state index in [9.17, 15) is 9.59 Å². The smallest absolute Gasteiger partial charge is 0.270 e. The summed E-state index contributed by atoms with van der Waals surface area (Å²) in [5.74, 6) is -0.620. The standard InChI is InChI=1S/C24H24N4O2/c1-14(17-9-5-4-6-10-17)26-23(29)16(3)27-24(30)21-13-19-18-11-7-8-12-20(18)28-22(19)15(2)25-21/h4-14,16,28H,1-3H3,(H,26,29)(H,27,30)/t14-,16+/m1/s1. The summed E-state index contributed by atoms with van der Waals surface area (Å²) in [4.78, 5) is 33.2. The quantitative estimate of drug-likeness (QED) is 0.473. The van der Waals surface area contributed by atoms with E-state index < -0.39 is 6.04 Å². The number of carbonyl (C=O) groups is 2. The SMILES string of the molecule is Cc1nc(C(=O)N[C@@H](C)C(=O)N[C@H](C)c2ccccc2)cc2c1[nH]c1ccccc12. The van der Waals surface area contributed by atoms with Gasteiger partial charge in [-0.3, -0.25) is 9.59 Å². The van der Waals surface area contributed by atoms with Gasteiger partial charge in [-0.25, -0.2) is 4.98 Å². The number of carbonyl (C=O) groups excluding carboxylic acids is 2. The van der Waals surface area contributed by atoms with Crippen LogP contribution in [0.25, 0.3) is 21.8 Å². The van der Waals surface area contributed by atoms with Gasteiger partial charge in [-0.2, -0.15) is 0 Å². The van der Waals surface area contributed by atoms with Crippen molar-refractivity contribution in [2.45, 2.75) is 32.9 Å². The maximum Gasteiger partial charge on any atom is 0.270 e. The largest absolute Gasteiger partial charge is 0.353 e. The van der Waals surface area contributed by atoms with Crippen molar-refractivity contribution in [1.82, 2.24) is 20.6 Å². The summed E-state index contributed by atoms with van der Waals surface area (Å²) in [5, 5.41) is 7.68. The van der Waals surface area contributed by atoms with Gasteiger partial charge in [0.25, 0.3) is 5.91 Å². The lowest BCUT2D eigenvalue weighted by Gasteiger charge is -2.19. The number of aromatic nitrogens is 2. The Kier molecular flexibility index (Phi) is 5.23. The highest BCUT2D eigenvalue weighted by atomic mass is 16.2. The van der Waals surface area contributed by atoms with Gasteiger partial charge >= 0.3 is 0 Å². The lowest BCUT2D eigenvalue weighted by atomic mass is 10.1. The molecule has 0 saturated carbocycles. The first kappa shape index (κ1) is 19.6. The summed E-state index contributed by atoms with van der Waals surface area (Å²) in [6.07, 6.45) is 0. The molecule has 0 fully saturated rings. The number of hydrogen-bond acceptors (Lipinski definition) is 3. The van der Waals surface area contributed by atoms with Crippen LogP contribution in [0.15, 0.2) is 60.7 Å². The minimum atomic E-state index is -0.690. The number of rotatable bonds is 5. The van der Waals surface area contributed by atoms with Crippen molar-refractivity contribution in [2.75, 3.05) is 0 Å². The molecule has 30 heavy (non-hydrogen) atoms. The van der Waals surface area contributed by atoms with Gasteiger partial charge < -0.3 is 15.6 Å². The Morgan fingerprint density at radius 1 is 0.933 bits per heavy atom. The normalized spacial score (nSPS) is 13.2. The fourth-order valence-electron chi connectivity index (χ4n) is 3.62. The van der Waals surface area contributed by atoms with Crippen LogP contribution in [0.5, 0.6) is 0 Å². The zero-order valence-corrected chi connectivity index (χ0v) is 17.2. The van der Waals surface area contributed by atoms with Crippen molar-refractivity contribution in [3.63, 3.8) is 0 Å². The number of hydrogen-bond donors (Lipinski definition) is 3.